The first-order valence-corrected chi connectivity index (χ1v) is 8.15. The molecule has 0 fully saturated rings. The summed E-state index contributed by atoms with van der Waals surface area (Å²) in [4.78, 5) is 0. The molecule has 3 rings (SSSR count). The highest BCUT2D eigenvalue weighted by molar-refractivity contribution is 7.07. The normalized spacial score (nSPS) is 12.6. The Morgan fingerprint density at radius 1 is 1.14 bits per heavy atom. The molecule has 2 nitrogen and oxygen atoms in total. The van der Waals surface area contributed by atoms with Crippen LogP contribution in [0.25, 0.3) is 10.8 Å². The molecule has 0 saturated heterocycles. The minimum Gasteiger partial charge on any atom is -0.507 e. The highest BCUT2D eigenvalue weighted by Gasteiger charge is 2.12. The van der Waals surface area contributed by atoms with E-state index in [1.165, 1.54) is 5.56 Å². The molecule has 1 aromatic heterocycles. The Kier molecular flexibility index (Phi) is 4.23. The van der Waals surface area contributed by atoms with Gasteiger partial charge in [-0.25, -0.2) is 0 Å². The predicted octanol–water partition coefficient (Wildman–Crippen LogP) is 4.50. The van der Waals surface area contributed by atoms with Crippen LogP contribution in [0.2, 0.25) is 0 Å². The Morgan fingerprint density at radius 2 is 2.00 bits per heavy atom. The van der Waals surface area contributed by atoms with E-state index >= 15 is 0 Å². The van der Waals surface area contributed by atoms with Gasteiger partial charge in [0.25, 0.3) is 0 Å². The molecule has 0 aliphatic carbocycles. The average molecular weight is 297 g/mol. The number of hydrogen-bond donors (Lipinski definition) is 2. The first kappa shape index (κ1) is 14.1. The molecule has 0 amide bonds. The number of phenols is 1. The number of aromatic hydroxyl groups is 1. The van der Waals surface area contributed by atoms with Gasteiger partial charge in [-0.1, -0.05) is 36.4 Å². The smallest absolute Gasteiger partial charge is 0.128 e. The number of hydrogen-bond acceptors (Lipinski definition) is 3. The van der Waals surface area contributed by atoms with Gasteiger partial charge in [-0.3, -0.25) is 0 Å². The lowest BCUT2D eigenvalue weighted by atomic mass is 10.0. The second kappa shape index (κ2) is 6.29. The number of nitrogens with one attached hydrogen (secondary N) is 1. The topological polar surface area (TPSA) is 32.3 Å². The molecule has 0 bridgehead atoms. The molecule has 21 heavy (non-hydrogen) atoms. The summed E-state index contributed by atoms with van der Waals surface area (Å²) in [6.07, 6.45) is 1.02. The van der Waals surface area contributed by atoms with Crippen LogP contribution in [0, 0.1) is 0 Å². The zero-order chi connectivity index (χ0) is 14.7. The van der Waals surface area contributed by atoms with Gasteiger partial charge in [0.1, 0.15) is 5.75 Å². The molecule has 108 valence electrons. The fraction of sp³-hybridized carbons (Fsp3) is 0.222. The molecule has 3 aromatic rings. The van der Waals surface area contributed by atoms with Gasteiger partial charge < -0.3 is 10.4 Å². The molecule has 0 aliphatic rings. The SMILES string of the molecule is CC(NCCc1ccsc1)c1ccc2ccccc2c1O. The monoisotopic (exact) mass is 297 g/mol. The molecule has 1 unspecified atom stereocenters. The lowest BCUT2D eigenvalue weighted by Crippen LogP contribution is -2.21. The Morgan fingerprint density at radius 3 is 2.81 bits per heavy atom. The molecule has 0 aliphatic heterocycles. The van der Waals surface area contributed by atoms with Crippen molar-refractivity contribution in [3.8, 4) is 5.75 Å². The van der Waals surface area contributed by atoms with E-state index in [-0.39, 0.29) is 6.04 Å². The van der Waals surface area contributed by atoms with Crippen molar-refractivity contribution in [1.29, 1.82) is 0 Å². The molecule has 2 N–H and O–H groups in total. The Labute approximate surface area is 129 Å². The van der Waals surface area contributed by atoms with E-state index in [2.05, 4.69) is 35.1 Å². The van der Waals surface area contributed by atoms with Crippen LogP contribution in [-0.2, 0) is 6.42 Å². The molecule has 2 aromatic carbocycles. The Balaban J connectivity index is 1.72. The van der Waals surface area contributed by atoms with E-state index in [0.717, 1.165) is 29.3 Å². The highest BCUT2D eigenvalue weighted by Crippen LogP contribution is 2.32. The Bertz CT molecular complexity index is 721. The predicted molar refractivity (Wildman–Crippen MR) is 90.1 cm³/mol. The van der Waals surface area contributed by atoms with Crippen LogP contribution in [-0.4, -0.2) is 11.7 Å². The summed E-state index contributed by atoms with van der Waals surface area (Å²) >= 11 is 1.73. The first-order chi connectivity index (χ1) is 10.3. The lowest BCUT2D eigenvalue weighted by molar-refractivity contribution is 0.459. The van der Waals surface area contributed by atoms with Crippen LogP contribution >= 0.6 is 11.3 Å². The van der Waals surface area contributed by atoms with Gasteiger partial charge in [-0.05, 0) is 47.7 Å². The zero-order valence-corrected chi connectivity index (χ0v) is 12.9. The number of phenolic OH excluding ortho intramolecular Hbond substituents is 1. The van der Waals surface area contributed by atoms with E-state index in [1.807, 2.05) is 30.3 Å². The average Bonchev–Trinajstić information content (AvgIpc) is 3.01. The maximum absolute atomic E-state index is 10.5. The largest absolute Gasteiger partial charge is 0.507 e. The maximum atomic E-state index is 10.5. The third-order valence-corrected chi connectivity index (χ3v) is 4.57. The second-order valence-electron chi connectivity index (χ2n) is 5.28. The van der Waals surface area contributed by atoms with Gasteiger partial charge >= 0.3 is 0 Å². The molecule has 0 saturated carbocycles. The molecule has 1 atom stereocenters. The van der Waals surface area contributed by atoms with Crippen molar-refractivity contribution in [2.24, 2.45) is 0 Å². The summed E-state index contributed by atoms with van der Waals surface area (Å²) < 4.78 is 0. The van der Waals surface area contributed by atoms with Gasteiger partial charge in [-0.15, -0.1) is 0 Å². The summed E-state index contributed by atoms with van der Waals surface area (Å²) in [5.74, 6) is 0.392. The van der Waals surface area contributed by atoms with Gasteiger partial charge in [0.2, 0.25) is 0 Å². The number of benzene rings is 2. The van der Waals surface area contributed by atoms with Crippen molar-refractivity contribution >= 4 is 22.1 Å². The van der Waals surface area contributed by atoms with Crippen LogP contribution in [0.3, 0.4) is 0 Å². The van der Waals surface area contributed by atoms with Crippen molar-refractivity contribution in [2.45, 2.75) is 19.4 Å². The van der Waals surface area contributed by atoms with Gasteiger partial charge in [-0.2, -0.15) is 11.3 Å². The van der Waals surface area contributed by atoms with Crippen molar-refractivity contribution in [2.75, 3.05) is 6.54 Å². The van der Waals surface area contributed by atoms with Crippen LogP contribution in [0.5, 0.6) is 5.75 Å². The summed E-state index contributed by atoms with van der Waals surface area (Å²) in [5.41, 5.74) is 2.32. The maximum Gasteiger partial charge on any atom is 0.128 e. The van der Waals surface area contributed by atoms with E-state index in [4.69, 9.17) is 0 Å². The van der Waals surface area contributed by atoms with Crippen LogP contribution in [0.1, 0.15) is 24.1 Å². The summed E-state index contributed by atoms with van der Waals surface area (Å²) in [6, 6.07) is 14.3. The standard InChI is InChI=1S/C18H19NOS/c1-13(19-10-8-14-9-11-21-12-14)16-7-6-15-4-2-3-5-17(15)18(16)20/h2-7,9,11-13,19-20H,8,10H2,1H3. The minimum atomic E-state index is 0.133. The zero-order valence-electron chi connectivity index (χ0n) is 12.0. The minimum absolute atomic E-state index is 0.133. The number of thiophene rings is 1. The van der Waals surface area contributed by atoms with Gasteiger partial charge in [0, 0.05) is 17.0 Å². The van der Waals surface area contributed by atoms with Crippen molar-refractivity contribution < 1.29 is 5.11 Å². The van der Waals surface area contributed by atoms with E-state index in [9.17, 15) is 5.11 Å². The third-order valence-electron chi connectivity index (χ3n) is 3.84. The number of rotatable bonds is 5. The van der Waals surface area contributed by atoms with Crippen LogP contribution < -0.4 is 5.32 Å². The molecular weight excluding hydrogens is 278 g/mol. The van der Waals surface area contributed by atoms with E-state index in [1.54, 1.807) is 11.3 Å². The van der Waals surface area contributed by atoms with Gasteiger partial charge in [0.15, 0.2) is 0 Å². The molecular formula is C18H19NOS. The van der Waals surface area contributed by atoms with Crippen molar-refractivity contribution in [1.82, 2.24) is 5.32 Å². The van der Waals surface area contributed by atoms with Crippen molar-refractivity contribution in [3.63, 3.8) is 0 Å². The molecule has 3 heteroatoms. The summed E-state index contributed by atoms with van der Waals surface area (Å²) in [6.45, 7) is 3.00. The van der Waals surface area contributed by atoms with E-state index < -0.39 is 0 Å². The Hall–Kier alpha value is -1.84. The highest BCUT2D eigenvalue weighted by atomic mass is 32.1. The summed E-state index contributed by atoms with van der Waals surface area (Å²) in [7, 11) is 0. The fourth-order valence-corrected chi connectivity index (χ4v) is 3.30. The molecule has 0 spiro atoms. The molecule has 1 heterocycles. The number of fused-ring (bicyclic) bond motifs is 1. The molecule has 0 radical (unpaired) electrons. The van der Waals surface area contributed by atoms with Crippen molar-refractivity contribution in [3.05, 3.63) is 64.4 Å². The lowest BCUT2D eigenvalue weighted by Gasteiger charge is -2.16. The summed E-state index contributed by atoms with van der Waals surface area (Å²) in [5, 5.41) is 20.2. The van der Waals surface area contributed by atoms with Gasteiger partial charge in [0.05, 0.1) is 0 Å². The quantitative estimate of drug-likeness (QED) is 0.726. The second-order valence-corrected chi connectivity index (χ2v) is 6.06. The first-order valence-electron chi connectivity index (χ1n) is 7.21. The van der Waals surface area contributed by atoms with E-state index in [0.29, 0.717) is 5.75 Å². The fourth-order valence-electron chi connectivity index (χ4n) is 2.60. The van der Waals surface area contributed by atoms with Crippen LogP contribution in [0.15, 0.2) is 53.2 Å². The van der Waals surface area contributed by atoms with Crippen LogP contribution in [0.4, 0.5) is 0 Å². The third kappa shape index (κ3) is 3.09.